The standard InChI is InChI=1S/C21H35N3O3/c1-4-11-27-20-15-17(2)6-7-18(20)16-24-21(22-3)23-10-5-12-26-19-8-13-25-14-9-19/h6-7,15,19H,4-5,8-14,16H2,1-3H3,(H2,22,23,24). The lowest BCUT2D eigenvalue weighted by atomic mass is 10.1. The first-order valence-corrected chi connectivity index (χ1v) is 10.1. The van der Waals surface area contributed by atoms with Gasteiger partial charge in [0.05, 0.1) is 12.7 Å². The summed E-state index contributed by atoms with van der Waals surface area (Å²) >= 11 is 0. The predicted octanol–water partition coefficient (Wildman–Crippen LogP) is 3.03. The van der Waals surface area contributed by atoms with Crippen molar-refractivity contribution < 1.29 is 14.2 Å². The smallest absolute Gasteiger partial charge is 0.191 e. The van der Waals surface area contributed by atoms with Crippen LogP contribution in [0.1, 0.15) is 43.7 Å². The van der Waals surface area contributed by atoms with Crippen LogP contribution in [0.4, 0.5) is 0 Å². The van der Waals surface area contributed by atoms with Crippen molar-refractivity contribution in [1.82, 2.24) is 10.6 Å². The Morgan fingerprint density at radius 2 is 2.04 bits per heavy atom. The molecule has 1 fully saturated rings. The summed E-state index contributed by atoms with van der Waals surface area (Å²) in [7, 11) is 1.79. The molecule has 0 radical (unpaired) electrons. The predicted molar refractivity (Wildman–Crippen MR) is 110 cm³/mol. The minimum Gasteiger partial charge on any atom is -0.493 e. The Hall–Kier alpha value is -1.79. The van der Waals surface area contributed by atoms with Crippen LogP contribution in [0.5, 0.6) is 5.75 Å². The van der Waals surface area contributed by atoms with Gasteiger partial charge in [-0.15, -0.1) is 0 Å². The van der Waals surface area contributed by atoms with E-state index in [-0.39, 0.29) is 0 Å². The van der Waals surface area contributed by atoms with Crippen LogP contribution in [-0.2, 0) is 16.0 Å². The van der Waals surface area contributed by atoms with Gasteiger partial charge in [-0.05, 0) is 44.2 Å². The Labute approximate surface area is 163 Å². The second kappa shape index (κ2) is 12.6. The van der Waals surface area contributed by atoms with Crippen molar-refractivity contribution in [2.24, 2.45) is 4.99 Å². The van der Waals surface area contributed by atoms with E-state index in [9.17, 15) is 0 Å². The van der Waals surface area contributed by atoms with Gasteiger partial charge in [-0.2, -0.15) is 0 Å². The van der Waals surface area contributed by atoms with Crippen molar-refractivity contribution in [2.75, 3.05) is 40.0 Å². The molecule has 152 valence electrons. The SMILES string of the molecule is CCCOc1cc(C)ccc1CNC(=NC)NCCCOC1CCOCC1. The molecule has 1 heterocycles. The second-order valence-electron chi connectivity index (χ2n) is 6.85. The van der Waals surface area contributed by atoms with E-state index in [0.717, 1.165) is 75.9 Å². The van der Waals surface area contributed by atoms with Crippen LogP contribution in [-0.4, -0.2) is 52.1 Å². The Morgan fingerprint density at radius 1 is 1.22 bits per heavy atom. The van der Waals surface area contributed by atoms with Crippen molar-refractivity contribution in [2.45, 2.75) is 52.2 Å². The van der Waals surface area contributed by atoms with Gasteiger partial charge in [-0.25, -0.2) is 0 Å². The van der Waals surface area contributed by atoms with Gasteiger partial charge in [0.2, 0.25) is 0 Å². The second-order valence-corrected chi connectivity index (χ2v) is 6.85. The summed E-state index contributed by atoms with van der Waals surface area (Å²) in [6.45, 7) is 8.85. The Kier molecular flexibility index (Phi) is 10.0. The quantitative estimate of drug-likeness (QED) is 0.373. The highest BCUT2D eigenvalue weighted by Crippen LogP contribution is 2.20. The third kappa shape index (κ3) is 8.18. The van der Waals surface area contributed by atoms with Gasteiger partial charge in [0, 0.05) is 45.5 Å². The largest absolute Gasteiger partial charge is 0.493 e. The lowest BCUT2D eigenvalue weighted by molar-refractivity contribution is -0.0320. The maximum atomic E-state index is 5.90. The summed E-state index contributed by atoms with van der Waals surface area (Å²) in [5.74, 6) is 1.74. The lowest BCUT2D eigenvalue weighted by Crippen LogP contribution is -2.37. The molecule has 0 saturated carbocycles. The number of hydrogen-bond donors (Lipinski definition) is 2. The number of aliphatic imine (C=N–C) groups is 1. The first kappa shape index (κ1) is 21.5. The molecule has 1 aliphatic heterocycles. The fraction of sp³-hybridized carbons (Fsp3) is 0.667. The number of nitrogens with one attached hydrogen (secondary N) is 2. The number of rotatable bonds is 10. The molecular formula is C21H35N3O3. The normalized spacial score (nSPS) is 15.6. The molecule has 27 heavy (non-hydrogen) atoms. The average Bonchev–Trinajstić information content (AvgIpc) is 2.70. The third-order valence-electron chi connectivity index (χ3n) is 4.49. The zero-order chi connectivity index (χ0) is 19.3. The minimum atomic E-state index is 0.360. The zero-order valence-electron chi connectivity index (χ0n) is 17.1. The van der Waals surface area contributed by atoms with Crippen LogP contribution in [0.15, 0.2) is 23.2 Å². The van der Waals surface area contributed by atoms with Gasteiger partial charge >= 0.3 is 0 Å². The maximum absolute atomic E-state index is 5.90. The van der Waals surface area contributed by atoms with Gasteiger partial charge < -0.3 is 24.8 Å². The van der Waals surface area contributed by atoms with Crippen LogP contribution < -0.4 is 15.4 Å². The van der Waals surface area contributed by atoms with Gasteiger partial charge in [-0.3, -0.25) is 4.99 Å². The van der Waals surface area contributed by atoms with Crippen LogP contribution in [0.3, 0.4) is 0 Å². The summed E-state index contributed by atoms with van der Waals surface area (Å²) in [6, 6.07) is 6.32. The fourth-order valence-electron chi connectivity index (χ4n) is 2.93. The summed E-state index contributed by atoms with van der Waals surface area (Å²) in [6.07, 6.45) is 4.33. The van der Waals surface area contributed by atoms with Gasteiger partial charge in [0.25, 0.3) is 0 Å². The summed E-state index contributed by atoms with van der Waals surface area (Å²) in [5, 5.41) is 6.71. The van der Waals surface area contributed by atoms with Crippen LogP contribution in [0, 0.1) is 6.92 Å². The topological polar surface area (TPSA) is 64.1 Å². The summed E-state index contributed by atoms with van der Waals surface area (Å²) in [5.41, 5.74) is 2.34. The van der Waals surface area contributed by atoms with E-state index in [4.69, 9.17) is 14.2 Å². The Bertz CT molecular complexity index is 572. The highest BCUT2D eigenvalue weighted by atomic mass is 16.5. The molecule has 0 aromatic heterocycles. The highest BCUT2D eigenvalue weighted by molar-refractivity contribution is 5.79. The van der Waals surface area contributed by atoms with E-state index < -0.39 is 0 Å². The summed E-state index contributed by atoms with van der Waals surface area (Å²) in [4.78, 5) is 4.30. The third-order valence-corrected chi connectivity index (χ3v) is 4.49. The molecule has 0 bridgehead atoms. The monoisotopic (exact) mass is 377 g/mol. The number of hydrogen-bond acceptors (Lipinski definition) is 4. The highest BCUT2D eigenvalue weighted by Gasteiger charge is 2.13. The molecule has 0 spiro atoms. The van der Waals surface area contributed by atoms with Crippen molar-refractivity contribution in [3.05, 3.63) is 29.3 Å². The number of nitrogens with zero attached hydrogens (tertiary/aromatic N) is 1. The average molecular weight is 378 g/mol. The number of guanidine groups is 1. The molecule has 2 rings (SSSR count). The van der Waals surface area contributed by atoms with E-state index in [1.54, 1.807) is 7.05 Å². The molecule has 2 N–H and O–H groups in total. The lowest BCUT2D eigenvalue weighted by Gasteiger charge is -2.22. The number of ether oxygens (including phenoxy) is 3. The van der Waals surface area contributed by atoms with E-state index in [0.29, 0.717) is 12.6 Å². The molecule has 0 atom stereocenters. The van der Waals surface area contributed by atoms with Crippen molar-refractivity contribution in [3.63, 3.8) is 0 Å². The van der Waals surface area contributed by atoms with Crippen molar-refractivity contribution >= 4 is 5.96 Å². The molecule has 6 nitrogen and oxygen atoms in total. The van der Waals surface area contributed by atoms with Gasteiger partial charge in [-0.1, -0.05) is 19.1 Å². The zero-order valence-corrected chi connectivity index (χ0v) is 17.1. The fourth-order valence-corrected chi connectivity index (χ4v) is 2.93. The first-order chi connectivity index (χ1) is 13.2. The number of benzene rings is 1. The Balaban J connectivity index is 1.69. The molecule has 1 aromatic carbocycles. The molecule has 0 amide bonds. The summed E-state index contributed by atoms with van der Waals surface area (Å²) < 4.78 is 17.1. The van der Waals surface area contributed by atoms with E-state index >= 15 is 0 Å². The van der Waals surface area contributed by atoms with Crippen LogP contribution in [0.2, 0.25) is 0 Å². The molecule has 1 saturated heterocycles. The van der Waals surface area contributed by atoms with E-state index in [1.165, 1.54) is 5.56 Å². The van der Waals surface area contributed by atoms with E-state index in [1.807, 2.05) is 0 Å². The van der Waals surface area contributed by atoms with Crippen molar-refractivity contribution in [1.29, 1.82) is 0 Å². The van der Waals surface area contributed by atoms with Gasteiger partial charge in [0.1, 0.15) is 5.75 Å². The van der Waals surface area contributed by atoms with Crippen LogP contribution in [0.25, 0.3) is 0 Å². The van der Waals surface area contributed by atoms with Crippen molar-refractivity contribution in [3.8, 4) is 5.75 Å². The Morgan fingerprint density at radius 3 is 2.78 bits per heavy atom. The number of aryl methyl sites for hydroxylation is 1. The molecule has 0 aliphatic carbocycles. The molecular weight excluding hydrogens is 342 g/mol. The van der Waals surface area contributed by atoms with E-state index in [2.05, 4.69) is 47.7 Å². The molecule has 6 heteroatoms. The minimum absolute atomic E-state index is 0.360. The van der Waals surface area contributed by atoms with Gasteiger partial charge in [0.15, 0.2) is 5.96 Å². The molecule has 0 unspecified atom stereocenters. The first-order valence-electron chi connectivity index (χ1n) is 10.1. The van der Waals surface area contributed by atoms with Crippen LogP contribution >= 0.6 is 0 Å². The molecule has 1 aliphatic rings. The maximum Gasteiger partial charge on any atom is 0.191 e. The molecule has 1 aromatic rings.